The summed E-state index contributed by atoms with van der Waals surface area (Å²) in [5.74, 6) is 0.576. The zero-order valence-corrected chi connectivity index (χ0v) is 13.2. The summed E-state index contributed by atoms with van der Waals surface area (Å²) in [5, 5.41) is 3.31. The molecule has 1 fully saturated rings. The van der Waals surface area contributed by atoms with E-state index >= 15 is 0 Å². The molecule has 21 heavy (non-hydrogen) atoms. The van der Waals surface area contributed by atoms with E-state index in [-0.39, 0.29) is 18.0 Å². The first-order chi connectivity index (χ1) is 10.1. The lowest BCUT2D eigenvalue weighted by molar-refractivity contribution is -0.0113. The van der Waals surface area contributed by atoms with Gasteiger partial charge in [-0.3, -0.25) is 0 Å². The van der Waals surface area contributed by atoms with Gasteiger partial charge in [-0.05, 0) is 57.4 Å². The van der Waals surface area contributed by atoms with Crippen LogP contribution in [0.4, 0.5) is 4.39 Å². The number of ether oxygens (including phenoxy) is 2. The molecule has 0 amide bonds. The highest BCUT2D eigenvalue weighted by molar-refractivity contribution is 5.40. The molecular weight excluding hydrogens is 269 g/mol. The van der Waals surface area contributed by atoms with Crippen molar-refractivity contribution in [3.63, 3.8) is 0 Å². The van der Waals surface area contributed by atoms with E-state index in [9.17, 15) is 4.39 Å². The van der Waals surface area contributed by atoms with Crippen LogP contribution in [0.5, 0.6) is 5.75 Å². The predicted molar refractivity (Wildman–Crippen MR) is 82.3 cm³/mol. The van der Waals surface area contributed by atoms with Crippen LogP contribution < -0.4 is 10.1 Å². The maximum atomic E-state index is 13.8. The van der Waals surface area contributed by atoms with Gasteiger partial charge in [-0.25, -0.2) is 4.39 Å². The van der Waals surface area contributed by atoms with Crippen LogP contribution in [-0.4, -0.2) is 25.9 Å². The fourth-order valence-electron chi connectivity index (χ4n) is 2.67. The van der Waals surface area contributed by atoms with Crippen molar-refractivity contribution in [3.05, 3.63) is 29.1 Å². The lowest BCUT2D eigenvalue weighted by Crippen LogP contribution is -2.26. The molecule has 118 valence electrons. The SMILES string of the molecule is CCNC(C)c1cc(F)c(C)cc1OCC1CCCCO1. The van der Waals surface area contributed by atoms with E-state index < -0.39 is 0 Å². The number of hydrogen-bond acceptors (Lipinski definition) is 3. The Morgan fingerprint density at radius 1 is 1.43 bits per heavy atom. The Balaban J connectivity index is 2.10. The van der Waals surface area contributed by atoms with E-state index in [2.05, 4.69) is 5.32 Å². The summed E-state index contributed by atoms with van der Waals surface area (Å²) in [6.45, 7) is 8.02. The van der Waals surface area contributed by atoms with E-state index in [1.807, 2.05) is 13.8 Å². The molecule has 1 aliphatic heterocycles. The third-order valence-electron chi connectivity index (χ3n) is 3.97. The van der Waals surface area contributed by atoms with Crippen molar-refractivity contribution in [3.8, 4) is 5.75 Å². The van der Waals surface area contributed by atoms with Crippen molar-refractivity contribution in [2.75, 3.05) is 19.8 Å². The molecule has 3 nitrogen and oxygen atoms in total. The molecule has 0 aromatic heterocycles. The largest absolute Gasteiger partial charge is 0.491 e. The summed E-state index contributed by atoms with van der Waals surface area (Å²) >= 11 is 0. The molecule has 0 bridgehead atoms. The van der Waals surface area contributed by atoms with Crippen LogP contribution >= 0.6 is 0 Å². The van der Waals surface area contributed by atoms with E-state index in [1.54, 1.807) is 19.1 Å². The second-order valence-corrected chi connectivity index (χ2v) is 5.72. The first-order valence-corrected chi connectivity index (χ1v) is 7.89. The number of halogens is 1. The van der Waals surface area contributed by atoms with Crippen LogP contribution in [0, 0.1) is 12.7 Å². The zero-order chi connectivity index (χ0) is 15.2. The van der Waals surface area contributed by atoms with Crippen LogP contribution in [0.2, 0.25) is 0 Å². The molecule has 1 heterocycles. The number of nitrogens with one attached hydrogen (secondary N) is 1. The lowest BCUT2D eigenvalue weighted by Gasteiger charge is -2.24. The van der Waals surface area contributed by atoms with E-state index in [4.69, 9.17) is 9.47 Å². The van der Waals surface area contributed by atoms with Crippen LogP contribution in [0.3, 0.4) is 0 Å². The van der Waals surface area contributed by atoms with Crippen molar-refractivity contribution in [1.82, 2.24) is 5.32 Å². The van der Waals surface area contributed by atoms with Crippen molar-refractivity contribution in [2.24, 2.45) is 0 Å². The Morgan fingerprint density at radius 2 is 2.24 bits per heavy atom. The summed E-state index contributed by atoms with van der Waals surface area (Å²) < 4.78 is 25.5. The molecule has 2 unspecified atom stereocenters. The monoisotopic (exact) mass is 295 g/mol. The fourth-order valence-corrected chi connectivity index (χ4v) is 2.67. The molecule has 0 radical (unpaired) electrons. The maximum absolute atomic E-state index is 13.8. The molecular formula is C17H26FNO2. The summed E-state index contributed by atoms with van der Waals surface area (Å²) in [7, 11) is 0. The second kappa shape index (κ2) is 7.76. The molecule has 1 aliphatic rings. The first-order valence-electron chi connectivity index (χ1n) is 7.89. The van der Waals surface area contributed by atoms with Crippen molar-refractivity contribution >= 4 is 0 Å². The van der Waals surface area contributed by atoms with Crippen LogP contribution in [0.1, 0.15) is 50.3 Å². The Bertz CT molecular complexity index is 458. The van der Waals surface area contributed by atoms with Gasteiger partial charge in [0, 0.05) is 18.2 Å². The smallest absolute Gasteiger partial charge is 0.126 e. The molecule has 2 rings (SSSR count). The van der Waals surface area contributed by atoms with Gasteiger partial charge < -0.3 is 14.8 Å². The molecule has 0 aliphatic carbocycles. The van der Waals surface area contributed by atoms with Gasteiger partial charge in [-0.1, -0.05) is 6.92 Å². The van der Waals surface area contributed by atoms with E-state index in [1.165, 1.54) is 6.42 Å². The normalized spacial score (nSPS) is 20.3. The van der Waals surface area contributed by atoms with Crippen LogP contribution in [0.25, 0.3) is 0 Å². The second-order valence-electron chi connectivity index (χ2n) is 5.72. The summed E-state index contributed by atoms with van der Waals surface area (Å²) in [6.07, 6.45) is 3.52. The summed E-state index contributed by atoms with van der Waals surface area (Å²) in [4.78, 5) is 0. The Hall–Kier alpha value is -1.13. The third kappa shape index (κ3) is 4.42. The standard InChI is InChI=1S/C17H26FNO2/c1-4-19-13(3)15-10-16(18)12(2)9-17(15)21-11-14-7-5-6-8-20-14/h9-10,13-14,19H,4-8,11H2,1-3H3. The molecule has 1 aromatic carbocycles. The highest BCUT2D eigenvalue weighted by atomic mass is 19.1. The lowest BCUT2D eigenvalue weighted by atomic mass is 10.0. The van der Waals surface area contributed by atoms with Crippen LogP contribution in [0.15, 0.2) is 12.1 Å². The van der Waals surface area contributed by atoms with Gasteiger partial charge in [0.1, 0.15) is 18.2 Å². The van der Waals surface area contributed by atoms with E-state index in [0.717, 1.165) is 37.3 Å². The van der Waals surface area contributed by atoms with Gasteiger partial charge in [0.2, 0.25) is 0 Å². The average molecular weight is 295 g/mol. The molecule has 0 spiro atoms. The highest BCUT2D eigenvalue weighted by Gasteiger charge is 2.18. The molecule has 4 heteroatoms. The minimum Gasteiger partial charge on any atom is -0.491 e. The fraction of sp³-hybridized carbons (Fsp3) is 0.647. The van der Waals surface area contributed by atoms with Crippen molar-refractivity contribution < 1.29 is 13.9 Å². The Morgan fingerprint density at radius 3 is 2.90 bits per heavy atom. The minimum absolute atomic E-state index is 0.0624. The molecule has 2 atom stereocenters. The minimum atomic E-state index is -0.184. The Kier molecular flexibility index (Phi) is 6.00. The summed E-state index contributed by atoms with van der Waals surface area (Å²) in [6, 6.07) is 3.44. The molecule has 1 aromatic rings. The average Bonchev–Trinajstić information content (AvgIpc) is 2.49. The van der Waals surface area contributed by atoms with Gasteiger partial charge in [-0.2, -0.15) is 0 Å². The first kappa shape index (κ1) is 16.2. The van der Waals surface area contributed by atoms with Gasteiger partial charge in [0.25, 0.3) is 0 Å². The molecule has 0 saturated carbocycles. The van der Waals surface area contributed by atoms with Gasteiger partial charge >= 0.3 is 0 Å². The Labute approximate surface area is 126 Å². The molecule has 1 N–H and O–H groups in total. The van der Waals surface area contributed by atoms with Crippen molar-refractivity contribution in [1.29, 1.82) is 0 Å². The van der Waals surface area contributed by atoms with Crippen LogP contribution in [-0.2, 0) is 4.74 Å². The maximum Gasteiger partial charge on any atom is 0.126 e. The predicted octanol–water partition coefficient (Wildman–Crippen LogP) is 3.75. The zero-order valence-electron chi connectivity index (χ0n) is 13.2. The number of rotatable bonds is 6. The van der Waals surface area contributed by atoms with Crippen molar-refractivity contribution in [2.45, 2.75) is 52.2 Å². The summed E-state index contributed by atoms with van der Waals surface area (Å²) in [5.41, 5.74) is 1.48. The highest BCUT2D eigenvalue weighted by Crippen LogP contribution is 2.29. The number of hydrogen-bond donors (Lipinski definition) is 1. The quantitative estimate of drug-likeness (QED) is 0.867. The number of benzene rings is 1. The number of aryl methyl sites for hydroxylation is 1. The van der Waals surface area contributed by atoms with Gasteiger partial charge in [0.05, 0.1) is 6.10 Å². The third-order valence-corrected chi connectivity index (χ3v) is 3.97. The van der Waals surface area contributed by atoms with Gasteiger partial charge in [-0.15, -0.1) is 0 Å². The molecule has 1 saturated heterocycles. The van der Waals surface area contributed by atoms with E-state index in [0.29, 0.717) is 12.2 Å². The van der Waals surface area contributed by atoms with Gasteiger partial charge in [0.15, 0.2) is 0 Å². The topological polar surface area (TPSA) is 30.5 Å².